The summed E-state index contributed by atoms with van der Waals surface area (Å²) in [6.45, 7) is 4.60. The third kappa shape index (κ3) is 5.96. The monoisotopic (exact) mass is 434 g/mol. The summed E-state index contributed by atoms with van der Waals surface area (Å²) in [4.78, 5) is 41.5. The third-order valence-electron chi connectivity index (χ3n) is 5.10. The lowest BCUT2D eigenvalue weighted by Crippen LogP contribution is -2.41. The van der Waals surface area contributed by atoms with Crippen molar-refractivity contribution in [1.82, 2.24) is 9.55 Å². The molecule has 0 aliphatic carbocycles. The first-order valence-electron chi connectivity index (χ1n) is 10.6. The van der Waals surface area contributed by atoms with Crippen molar-refractivity contribution in [2.45, 2.75) is 58.9 Å². The van der Waals surface area contributed by atoms with Gasteiger partial charge in [0.05, 0.1) is 7.11 Å². The molecule has 3 N–H and O–H groups in total. The Kier molecular flexibility index (Phi) is 8.84. The number of carbonyl (C=O) groups is 1. The summed E-state index contributed by atoms with van der Waals surface area (Å²) < 4.78 is 20.1. The zero-order valence-corrected chi connectivity index (χ0v) is 18.4. The average Bonchev–Trinajstić information content (AvgIpc) is 2.74. The summed E-state index contributed by atoms with van der Waals surface area (Å²) in [5, 5.41) is 0. The molecule has 1 aromatic heterocycles. The third-order valence-corrected chi connectivity index (χ3v) is 5.10. The van der Waals surface area contributed by atoms with Crippen LogP contribution in [0.15, 0.2) is 27.8 Å². The van der Waals surface area contributed by atoms with Crippen LogP contribution in [0.25, 0.3) is 0 Å². The summed E-state index contributed by atoms with van der Waals surface area (Å²) in [5.74, 6) is -0.697. The Morgan fingerprint density at radius 3 is 2.55 bits per heavy atom. The Morgan fingerprint density at radius 1 is 1.23 bits per heavy atom. The number of methoxy groups -OCH3 is 1. The summed E-state index contributed by atoms with van der Waals surface area (Å²) in [6, 6.07) is 4.53. The Labute approximate surface area is 180 Å². The zero-order valence-electron chi connectivity index (χ0n) is 18.4. The normalized spacial score (nSPS) is 10.8. The van der Waals surface area contributed by atoms with E-state index in [2.05, 4.69) is 4.98 Å². The zero-order chi connectivity index (χ0) is 23.0. The number of aromatic amines is 1. The molecule has 0 aliphatic rings. The Bertz CT molecular complexity index is 1020. The molecule has 0 unspecified atom stereocenters. The molecule has 0 fully saturated rings. The van der Waals surface area contributed by atoms with Crippen LogP contribution in [0.5, 0.6) is 5.75 Å². The number of aromatic nitrogens is 2. The van der Waals surface area contributed by atoms with E-state index in [1.807, 2.05) is 13.8 Å². The van der Waals surface area contributed by atoms with Crippen LogP contribution < -0.4 is 26.6 Å². The molecule has 1 aromatic carbocycles. The van der Waals surface area contributed by atoms with E-state index in [0.717, 1.165) is 12.8 Å². The smallest absolute Gasteiger partial charge is 0.330 e. The van der Waals surface area contributed by atoms with Gasteiger partial charge in [-0.1, -0.05) is 32.8 Å². The van der Waals surface area contributed by atoms with E-state index in [-0.39, 0.29) is 36.0 Å². The Morgan fingerprint density at radius 2 is 1.94 bits per heavy atom. The van der Waals surface area contributed by atoms with Gasteiger partial charge in [-0.05, 0) is 37.0 Å². The summed E-state index contributed by atoms with van der Waals surface area (Å²) in [6.07, 6.45) is 3.37. The number of benzene rings is 1. The molecule has 170 valence electrons. The first-order valence-corrected chi connectivity index (χ1v) is 10.6. The molecule has 0 saturated carbocycles. The minimum Gasteiger partial charge on any atom is -0.494 e. The number of nitrogens with one attached hydrogen (secondary N) is 1. The van der Waals surface area contributed by atoms with Crippen molar-refractivity contribution >= 4 is 17.4 Å². The van der Waals surface area contributed by atoms with Crippen molar-refractivity contribution in [2.24, 2.45) is 0 Å². The molecule has 1 amide bonds. The second-order valence-electron chi connectivity index (χ2n) is 7.37. The molecule has 8 nitrogen and oxygen atoms in total. The van der Waals surface area contributed by atoms with E-state index < -0.39 is 17.1 Å². The van der Waals surface area contributed by atoms with Crippen molar-refractivity contribution in [3.05, 3.63) is 50.4 Å². The molecule has 0 aliphatic heterocycles. The highest BCUT2D eigenvalue weighted by atomic mass is 19.1. The molecule has 1 heterocycles. The van der Waals surface area contributed by atoms with Crippen LogP contribution in [0.1, 0.15) is 51.5 Å². The van der Waals surface area contributed by atoms with Gasteiger partial charge in [-0.25, -0.2) is 9.18 Å². The van der Waals surface area contributed by atoms with Gasteiger partial charge in [0.1, 0.15) is 5.82 Å². The summed E-state index contributed by atoms with van der Waals surface area (Å²) in [7, 11) is 1.38. The number of amides is 1. The molecule has 2 aromatic rings. The number of ether oxygens (including phenoxy) is 1. The fraction of sp³-hybridized carbons (Fsp3) is 0.500. The number of nitrogen functional groups attached to an aromatic ring is 1. The quantitative estimate of drug-likeness (QED) is 0.565. The first-order chi connectivity index (χ1) is 14.8. The van der Waals surface area contributed by atoms with Crippen molar-refractivity contribution in [2.75, 3.05) is 24.3 Å². The SMILES string of the molecule is CCCCN(C(=O)CCc1ccc(OC)c(F)c1)c1c(N)n(CCCC)c(=O)[nH]c1=O. The molecule has 0 atom stereocenters. The minimum atomic E-state index is -0.685. The van der Waals surface area contributed by atoms with Crippen molar-refractivity contribution in [3.8, 4) is 5.75 Å². The number of anilines is 2. The van der Waals surface area contributed by atoms with Crippen molar-refractivity contribution in [3.63, 3.8) is 0 Å². The highest BCUT2D eigenvalue weighted by Crippen LogP contribution is 2.21. The van der Waals surface area contributed by atoms with Gasteiger partial charge in [0, 0.05) is 19.5 Å². The number of rotatable bonds is 11. The highest BCUT2D eigenvalue weighted by Gasteiger charge is 2.23. The fourth-order valence-corrected chi connectivity index (χ4v) is 3.31. The van der Waals surface area contributed by atoms with Crippen LogP contribution in [-0.2, 0) is 17.8 Å². The molecule has 2 rings (SSSR count). The van der Waals surface area contributed by atoms with E-state index in [1.165, 1.54) is 28.7 Å². The van der Waals surface area contributed by atoms with Crippen LogP contribution in [0.2, 0.25) is 0 Å². The topological polar surface area (TPSA) is 110 Å². The molecule has 0 saturated heterocycles. The molecular formula is C22H31FN4O4. The number of H-pyrrole nitrogens is 1. The summed E-state index contributed by atoms with van der Waals surface area (Å²) >= 11 is 0. The number of aryl methyl sites for hydroxylation is 1. The van der Waals surface area contributed by atoms with E-state index in [9.17, 15) is 18.8 Å². The number of nitrogens with two attached hydrogens (primary N) is 1. The first kappa shape index (κ1) is 24.2. The van der Waals surface area contributed by atoms with Gasteiger partial charge in [0.15, 0.2) is 17.3 Å². The minimum absolute atomic E-state index is 0.00457. The van der Waals surface area contributed by atoms with Crippen LogP contribution >= 0.6 is 0 Å². The molecular weight excluding hydrogens is 403 g/mol. The second kappa shape index (κ2) is 11.3. The Balaban J connectivity index is 2.32. The van der Waals surface area contributed by atoms with Gasteiger partial charge in [0.25, 0.3) is 5.56 Å². The van der Waals surface area contributed by atoms with Crippen LogP contribution in [0.4, 0.5) is 15.9 Å². The maximum atomic E-state index is 13.9. The van der Waals surface area contributed by atoms with E-state index in [0.29, 0.717) is 31.5 Å². The number of nitrogens with zero attached hydrogens (tertiary/aromatic N) is 2. The van der Waals surface area contributed by atoms with Gasteiger partial charge in [-0.2, -0.15) is 0 Å². The second-order valence-corrected chi connectivity index (χ2v) is 7.37. The van der Waals surface area contributed by atoms with Crippen LogP contribution in [-0.4, -0.2) is 29.1 Å². The van der Waals surface area contributed by atoms with Crippen LogP contribution in [0.3, 0.4) is 0 Å². The van der Waals surface area contributed by atoms with Gasteiger partial charge >= 0.3 is 5.69 Å². The molecule has 31 heavy (non-hydrogen) atoms. The predicted octanol–water partition coefficient (Wildman–Crippen LogP) is 2.83. The molecule has 0 radical (unpaired) electrons. The number of hydrogen-bond acceptors (Lipinski definition) is 5. The molecule has 0 bridgehead atoms. The van der Waals surface area contributed by atoms with Gasteiger partial charge in [-0.3, -0.25) is 19.1 Å². The lowest BCUT2D eigenvalue weighted by atomic mass is 10.1. The highest BCUT2D eigenvalue weighted by molar-refractivity contribution is 5.95. The van der Waals surface area contributed by atoms with Gasteiger partial charge in [0.2, 0.25) is 5.91 Å². The lowest BCUT2D eigenvalue weighted by Gasteiger charge is -2.24. The lowest BCUT2D eigenvalue weighted by molar-refractivity contribution is -0.118. The Hall–Kier alpha value is -3.10. The van der Waals surface area contributed by atoms with Gasteiger partial charge < -0.3 is 15.4 Å². The average molecular weight is 435 g/mol. The summed E-state index contributed by atoms with van der Waals surface area (Å²) in [5.41, 5.74) is 5.54. The van der Waals surface area contributed by atoms with Crippen LogP contribution in [0, 0.1) is 5.82 Å². The predicted molar refractivity (Wildman–Crippen MR) is 119 cm³/mol. The van der Waals surface area contributed by atoms with Gasteiger partial charge in [-0.15, -0.1) is 0 Å². The fourth-order valence-electron chi connectivity index (χ4n) is 3.31. The standard InChI is InChI=1S/C22H31FN4O4/c1-4-6-12-26(18(28)11-9-15-8-10-17(31-3)16(23)14-15)19-20(24)27(13-7-5-2)22(30)25-21(19)29/h8,10,14H,4-7,9,11-13,24H2,1-3H3,(H,25,29,30). The molecule has 9 heteroatoms. The maximum Gasteiger partial charge on any atom is 0.330 e. The molecule has 0 spiro atoms. The van der Waals surface area contributed by atoms with Crippen molar-refractivity contribution in [1.29, 1.82) is 0 Å². The largest absolute Gasteiger partial charge is 0.494 e. The van der Waals surface area contributed by atoms with Crippen molar-refractivity contribution < 1.29 is 13.9 Å². The maximum absolute atomic E-state index is 13.9. The van der Waals surface area contributed by atoms with E-state index in [4.69, 9.17) is 10.5 Å². The number of hydrogen-bond donors (Lipinski definition) is 2. The van der Waals surface area contributed by atoms with E-state index in [1.54, 1.807) is 6.07 Å². The number of halogens is 1. The number of carbonyl (C=O) groups excluding carboxylic acids is 1. The van der Waals surface area contributed by atoms with E-state index >= 15 is 0 Å². The number of unbranched alkanes of at least 4 members (excludes halogenated alkanes) is 2.